The van der Waals surface area contributed by atoms with Gasteiger partial charge in [-0.2, -0.15) is 5.10 Å². The molecule has 0 atom stereocenters. The minimum Gasteiger partial charge on any atom is -0.388 e. The van der Waals surface area contributed by atoms with E-state index in [0.29, 0.717) is 15.1 Å². The molecule has 0 saturated heterocycles. The number of rotatable bonds is 5. The van der Waals surface area contributed by atoms with Crippen molar-refractivity contribution in [2.75, 3.05) is 17.4 Å². The van der Waals surface area contributed by atoms with Crippen molar-refractivity contribution < 1.29 is 0 Å². The molecule has 0 spiro atoms. The van der Waals surface area contributed by atoms with E-state index >= 15 is 0 Å². The largest absolute Gasteiger partial charge is 0.388 e. The van der Waals surface area contributed by atoms with Gasteiger partial charge in [0.15, 0.2) is 0 Å². The van der Waals surface area contributed by atoms with Gasteiger partial charge < -0.3 is 5.32 Å². The molecule has 0 bridgehead atoms. The van der Waals surface area contributed by atoms with Crippen LogP contribution in [0.1, 0.15) is 26.3 Å². The Morgan fingerprint density at radius 2 is 1.67 bits per heavy atom. The van der Waals surface area contributed by atoms with E-state index in [9.17, 15) is 0 Å². The Bertz CT molecular complexity index is 757. The van der Waals surface area contributed by atoms with E-state index in [-0.39, 0.29) is 6.04 Å². The number of anilines is 2. The Morgan fingerprint density at radius 3 is 2.25 bits per heavy atom. The number of hydrogen-bond donors (Lipinski definition) is 1. The summed E-state index contributed by atoms with van der Waals surface area (Å²) in [5.41, 5.74) is 3.55. The van der Waals surface area contributed by atoms with E-state index in [2.05, 4.69) is 19.2 Å². The van der Waals surface area contributed by atoms with Crippen molar-refractivity contribution in [1.82, 2.24) is 0 Å². The van der Waals surface area contributed by atoms with Gasteiger partial charge in [-0.1, -0.05) is 34.8 Å². The van der Waals surface area contributed by atoms with Gasteiger partial charge in [-0.05, 0) is 57.2 Å². The lowest BCUT2D eigenvalue weighted by molar-refractivity contribution is 0.713. The minimum atomic E-state index is 0.121. The molecule has 3 nitrogen and oxygen atoms in total. The average molecular weight is 385 g/mol. The molecule has 128 valence electrons. The third kappa shape index (κ3) is 4.35. The second kappa shape index (κ2) is 8.11. The van der Waals surface area contributed by atoms with Crippen LogP contribution in [0.2, 0.25) is 15.1 Å². The highest BCUT2D eigenvalue weighted by Gasteiger charge is 2.15. The predicted octanol–water partition coefficient (Wildman–Crippen LogP) is 6.33. The van der Waals surface area contributed by atoms with Crippen molar-refractivity contribution in [3.8, 4) is 0 Å². The standard InChI is InChI=1S/C18H20Cl3N3/c1-11(2)24(18-8-6-14(20)10-16(18)21)23-12(3)15-9-13(19)5-7-17(15)22-4/h5-11,22H,1-4H3/b23-12+. The summed E-state index contributed by atoms with van der Waals surface area (Å²) in [6.45, 7) is 6.06. The fraction of sp³-hybridized carbons (Fsp3) is 0.278. The maximum Gasteiger partial charge on any atom is 0.0784 e. The summed E-state index contributed by atoms with van der Waals surface area (Å²) in [5, 5.41) is 11.7. The van der Waals surface area contributed by atoms with Gasteiger partial charge in [-0.15, -0.1) is 0 Å². The van der Waals surface area contributed by atoms with Crippen LogP contribution in [0.15, 0.2) is 41.5 Å². The number of nitrogens with zero attached hydrogens (tertiary/aromatic N) is 2. The number of benzene rings is 2. The molecule has 0 aliphatic rings. The number of nitrogens with one attached hydrogen (secondary N) is 1. The molecule has 0 aliphatic heterocycles. The maximum absolute atomic E-state index is 6.35. The van der Waals surface area contributed by atoms with Crippen LogP contribution in [-0.4, -0.2) is 18.8 Å². The highest BCUT2D eigenvalue weighted by atomic mass is 35.5. The van der Waals surface area contributed by atoms with Gasteiger partial charge >= 0.3 is 0 Å². The van der Waals surface area contributed by atoms with Crippen LogP contribution in [0.25, 0.3) is 0 Å². The van der Waals surface area contributed by atoms with Crippen molar-refractivity contribution in [3.63, 3.8) is 0 Å². The summed E-state index contributed by atoms with van der Waals surface area (Å²) in [4.78, 5) is 0. The van der Waals surface area contributed by atoms with Crippen LogP contribution in [0, 0.1) is 0 Å². The molecule has 0 radical (unpaired) electrons. The van der Waals surface area contributed by atoms with Gasteiger partial charge in [0.1, 0.15) is 0 Å². The number of halogens is 3. The SMILES string of the molecule is CNc1ccc(Cl)cc1/C(C)=N/N(c1ccc(Cl)cc1Cl)C(C)C. The van der Waals surface area contributed by atoms with Crippen LogP contribution < -0.4 is 10.3 Å². The summed E-state index contributed by atoms with van der Waals surface area (Å²) in [7, 11) is 1.87. The second-order valence-electron chi connectivity index (χ2n) is 5.66. The zero-order chi connectivity index (χ0) is 17.9. The molecule has 2 aromatic rings. The fourth-order valence-electron chi connectivity index (χ4n) is 2.36. The summed E-state index contributed by atoms with van der Waals surface area (Å²) in [6, 6.07) is 11.2. The van der Waals surface area contributed by atoms with Crippen molar-refractivity contribution in [3.05, 3.63) is 57.0 Å². The lowest BCUT2D eigenvalue weighted by atomic mass is 10.1. The molecule has 2 aromatic carbocycles. The van der Waals surface area contributed by atoms with Gasteiger partial charge in [-0.25, -0.2) is 0 Å². The molecular formula is C18H20Cl3N3. The Kier molecular flexibility index (Phi) is 6.39. The second-order valence-corrected chi connectivity index (χ2v) is 6.94. The molecule has 24 heavy (non-hydrogen) atoms. The Labute approximate surface area is 158 Å². The van der Waals surface area contributed by atoms with Gasteiger partial charge in [0.2, 0.25) is 0 Å². The minimum absolute atomic E-state index is 0.121. The zero-order valence-electron chi connectivity index (χ0n) is 14.1. The van der Waals surface area contributed by atoms with E-state index in [1.165, 1.54) is 0 Å². The zero-order valence-corrected chi connectivity index (χ0v) is 16.3. The lowest BCUT2D eigenvalue weighted by Gasteiger charge is -2.26. The third-order valence-corrected chi connectivity index (χ3v) is 4.32. The molecule has 0 saturated carbocycles. The van der Waals surface area contributed by atoms with E-state index in [1.807, 2.05) is 43.2 Å². The average Bonchev–Trinajstić information content (AvgIpc) is 2.52. The van der Waals surface area contributed by atoms with Crippen LogP contribution in [0.5, 0.6) is 0 Å². The first-order chi connectivity index (χ1) is 11.3. The quantitative estimate of drug-likeness (QED) is 0.482. The maximum atomic E-state index is 6.35. The Hall–Kier alpha value is -1.42. The third-order valence-electron chi connectivity index (χ3n) is 3.54. The molecule has 0 aliphatic carbocycles. The Balaban J connectivity index is 2.49. The summed E-state index contributed by atoms with van der Waals surface area (Å²) < 4.78 is 0. The van der Waals surface area contributed by atoms with Crippen molar-refractivity contribution in [2.24, 2.45) is 5.10 Å². The first-order valence-electron chi connectivity index (χ1n) is 7.60. The van der Waals surface area contributed by atoms with E-state index in [0.717, 1.165) is 22.6 Å². The van der Waals surface area contributed by atoms with Crippen molar-refractivity contribution in [2.45, 2.75) is 26.8 Å². The smallest absolute Gasteiger partial charge is 0.0784 e. The summed E-state index contributed by atoms with van der Waals surface area (Å²) >= 11 is 18.5. The van der Waals surface area contributed by atoms with Crippen LogP contribution in [0.4, 0.5) is 11.4 Å². The lowest BCUT2D eigenvalue weighted by Crippen LogP contribution is -2.27. The first kappa shape index (κ1) is 18.9. The topological polar surface area (TPSA) is 27.6 Å². The van der Waals surface area contributed by atoms with Gasteiger partial charge in [0.05, 0.1) is 16.4 Å². The van der Waals surface area contributed by atoms with Crippen LogP contribution in [0.3, 0.4) is 0 Å². The molecule has 0 aromatic heterocycles. The number of hydrogen-bond acceptors (Lipinski definition) is 3. The Morgan fingerprint density at radius 1 is 1.04 bits per heavy atom. The van der Waals surface area contributed by atoms with Crippen molar-refractivity contribution in [1.29, 1.82) is 0 Å². The van der Waals surface area contributed by atoms with Crippen LogP contribution >= 0.6 is 34.8 Å². The van der Waals surface area contributed by atoms with Gasteiger partial charge in [0, 0.05) is 34.4 Å². The molecule has 6 heteroatoms. The molecule has 0 heterocycles. The first-order valence-corrected chi connectivity index (χ1v) is 8.74. The van der Waals surface area contributed by atoms with E-state index < -0.39 is 0 Å². The normalized spacial score (nSPS) is 11.8. The summed E-state index contributed by atoms with van der Waals surface area (Å²) in [5.74, 6) is 0. The molecule has 0 fully saturated rings. The number of hydrazone groups is 1. The van der Waals surface area contributed by atoms with Crippen LogP contribution in [-0.2, 0) is 0 Å². The molecular weight excluding hydrogens is 365 g/mol. The van der Waals surface area contributed by atoms with Gasteiger partial charge in [0.25, 0.3) is 0 Å². The predicted molar refractivity (Wildman–Crippen MR) is 107 cm³/mol. The molecule has 1 N–H and O–H groups in total. The molecule has 0 unspecified atom stereocenters. The van der Waals surface area contributed by atoms with E-state index in [4.69, 9.17) is 39.9 Å². The van der Waals surface area contributed by atoms with E-state index in [1.54, 1.807) is 12.1 Å². The highest BCUT2D eigenvalue weighted by molar-refractivity contribution is 6.36. The molecule has 2 rings (SSSR count). The van der Waals surface area contributed by atoms with Crippen molar-refractivity contribution >= 4 is 51.9 Å². The monoisotopic (exact) mass is 383 g/mol. The van der Waals surface area contributed by atoms with Gasteiger partial charge in [-0.3, -0.25) is 5.01 Å². The fourth-order valence-corrected chi connectivity index (χ4v) is 3.03. The summed E-state index contributed by atoms with van der Waals surface area (Å²) in [6.07, 6.45) is 0. The molecule has 0 amide bonds. The highest BCUT2D eigenvalue weighted by Crippen LogP contribution is 2.31.